The number of carbonyl (C=O) groups is 3. The minimum atomic E-state index is -0.615. The Kier molecular flexibility index (Phi) is 6.97. The van der Waals surface area contributed by atoms with E-state index in [1.165, 1.54) is 26.4 Å². The lowest BCUT2D eigenvalue weighted by Gasteiger charge is -2.08. The predicted octanol–water partition coefficient (Wildman–Crippen LogP) is 3.54. The number of hydrogen-bond acceptors (Lipinski definition) is 7. The summed E-state index contributed by atoms with van der Waals surface area (Å²) in [4.78, 5) is 35.4. The number of furan rings is 1. The summed E-state index contributed by atoms with van der Waals surface area (Å²) < 4.78 is 20.6. The molecule has 0 bridgehead atoms. The molecule has 0 aliphatic rings. The monoisotopic (exact) mass is 424 g/mol. The number of hydrogen-bond donors (Lipinski definition) is 0. The summed E-state index contributed by atoms with van der Waals surface area (Å²) in [7, 11) is 2.71. The van der Waals surface area contributed by atoms with E-state index in [0.29, 0.717) is 17.1 Å². The maximum absolute atomic E-state index is 12.3. The Bertz CT molecular complexity index is 810. The van der Waals surface area contributed by atoms with Crippen molar-refractivity contribution in [1.82, 2.24) is 0 Å². The van der Waals surface area contributed by atoms with Gasteiger partial charge < -0.3 is 18.6 Å². The number of carbonyl (C=O) groups excluding carboxylic acids is 3. The molecule has 8 heteroatoms. The van der Waals surface area contributed by atoms with Gasteiger partial charge in [0.05, 0.1) is 26.2 Å². The van der Waals surface area contributed by atoms with Crippen LogP contribution in [0, 0.1) is 0 Å². The summed E-state index contributed by atoms with van der Waals surface area (Å²) in [6, 6.07) is 8.01. The maximum atomic E-state index is 12.3. The van der Waals surface area contributed by atoms with Crippen LogP contribution in [0.3, 0.4) is 0 Å². The first kappa shape index (κ1) is 19.7. The third kappa shape index (κ3) is 5.19. The third-order valence-electron chi connectivity index (χ3n) is 3.44. The van der Waals surface area contributed by atoms with E-state index in [-0.39, 0.29) is 31.0 Å². The van der Waals surface area contributed by atoms with Crippen LogP contribution in [-0.2, 0) is 20.9 Å². The maximum Gasteiger partial charge on any atom is 0.373 e. The first-order chi connectivity index (χ1) is 12.4. The van der Waals surface area contributed by atoms with Gasteiger partial charge in [-0.15, -0.1) is 0 Å². The number of rotatable bonds is 8. The molecule has 7 nitrogen and oxygen atoms in total. The van der Waals surface area contributed by atoms with Crippen LogP contribution in [0.25, 0.3) is 0 Å². The Labute approximate surface area is 158 Å². The van der Waals surface area contributed by atoms with Crippen LogP contribution in [-0.4, -0.2) is 31.9 Å². The van der Waals surface area contributed by atoms with Crippen LogP contribution in [0.4, 0.5) is 0 Å². The molecular formula is C18H17BrO7. The minimum absolute atomic E-state index is 0.0167. The summed E-state index contributed by atoms with van der Waals surface area (Å²) in [6.45, 7) is -0.135. The molecule has 138 valence electrons. The molecule has 1 heterocycles. The lowest BCUT2D eigenvalue weighted by atomic mass is 10.1. The molecule has 2 aromatic rings. The molecule has 0 saturated carbocycles. The first-order valence-corrected chi connectivity index (χ1v) is 8.43. The predicted molar refractivity (Wildman–Crippen MR) is 94.1 cm³/mol. The van der Waals surface area contributed by atoms with Gasteiger partial charge in [0.15, 0.2) is 5.78 Å². The number of esters is 2. The van der Waals surface area contributed by atoms with Gasteiger partial charge in [-0.1, -0.05) is 15.9 Å². The van der Waals surface area contributed by atoms with Crippen molar-refractivity contribution in [1.29, 1.82) is 0 Å². The Morgan fingerprint density at radius 2 is 1.85 bits per heavy atom. The fraction of sp³-hybridized carbons (Fsp3) is 0.278. The molecule has 0 unspecified atom stereocenters. The Balaban J connectivity index is 1.85. The van der Waals surface area contributed by atoms with E-state index in [2.05, 4.69) is 20.7 Å². The van der Waals surface area contributed by atoms with E-state index in [0.717, 1.165) is 4.47 Å². The molecular weight excluding hydrogens is 408 g/mol. The van der Waals surface area contributed by atoms with Crippen molar-refractivity contribution in [2.24, 2.45) is 0 Å². The highest BCUT2D eigenvalue weighted by Gasteiger charge is 2.16. The molecule has 0 atom stereocenters. The molecule has 0 radical (unpaired) electrons. The number of halogens is 1. The van der Waals surface area contributed by atoms with Crippen molar-refractivity contribution in [3.63, 3.8) is 0 Å². The second kappa shape index (κ2) is 9.19. The van der Waals surface area contributed by atoms with E-state index in [1.807, 2.05) is 0 Å². The van der Waals surface area contributed by atoms with Crippen LogP contribution in [0.2, 0.25) is 0 Å². The second-order valence-corrected chi connectivity index (χ2v) is 6.10. The van der Waals surface area contributed by atoms with E-state index < -0.39 is 11.9 Å². The molecule has 1 aromatic carbocycles. The average Bonchev–Trinajstić information content (AvgIpc) is 3.12. The molecule has 2 rings (SSSR count). The number of ether oxygens (including phenoxy) is 3. The van der Waals surface area contributed by atoms with Crippen LogP contribution in [0.5, 0.6) is 5.75 Å². The highest BCUT2D eigenvalue weighted by atomic mass is 79.9. The summed E-state index contributed by atoms with van der Waals surface area (Å²) >= 11 is 3.30. The molecule has 0 aliphatic carbocycles. The number of ketones is 1. The highest BCUT2D eigenvalue weighted by molar-refractivity contribution is 9.10. The molecule has 26 heavy (non-hydrogen) atoms. The van der Waals surface area contributed by atoms with Gasteiger partial charge in [-0.3, -0.25) is 9.59 Å². The van der Waals surface area contributed by atoms with Crippen molar-refractivity contribution in [2.45, 2.75) is 19.4 Å². The molecule has 0 fully saturated rings. The average molecular weight is 425 g/mol. The van der Waals surface area contributed by atoms with Crippen LogP contribution < -0.4 is 4.74 Å². The summed E-state index contributed by atoms with van der Waals surface area (Å²) in [6.07, 6.45) is -0.101. The molecule has 0 amide bonds. The summed E-state index contributed by atoms with van der Waals surface area (Å²) in [5.74, 6) is -0.628. The van der Waals surface area contributed by atoms with Gasteiger partial charge in [0.25, 0.3) is 0 Å². The van der Waals surface area contributed by atoms with Crippen LogP contribution >= 0.6 is 15.9 Å². The number of methoxy groups -OCH3 is 2. The number of benzene rings is 1. The quantitative estimate of drug-likeness (QED) is 0.472. The Morgan fingerprint density at radius 1 is 1.08 bits per heavy atom. The summed E-state index contributed by atoms with van der Waals surface area (Å²) in [5, 5.41) is 0. The molecule has 0 N–H and O–H groups in total. The zero-order valence-corrected chi connectivity index (χ0v) is 15.8. The number of Topliss-reactive ketones (excluding diaryl/α,β-unsaturated/α-hetero) is 1. The van der Waals surface area contributed by atoms with Gasteiger partial charge in [0.1, 0.15) is 18.1 Å². The highest BCUT2D eigenvalue weighted by Crippen LogP contribution is 2.24. The topological polar surface area (TPSA) is 92.0 Å². The van der Waals surface area contributed by atoms with Crippen molar-refractivity contribution in [2.75, 3.05) is 14.2 Å². The van der Waals surface area contributed by atoms with Crippen molar-refractivity contribution < 1.29 is 33.0 Å². The molecule has 1 aromatic heterocycles. The largest absolute Gasteiger partial charge is 0.496 e. The zero-order chi connectivity index (χ0) is 19.1. The Morgan fingerprint density at radius 3 is 2.54 bits per heavy atom. The fourth-order valence-electron chi connectivity index (χ4n) is 2.14. The lowest BCUT2D eigenvalue weighted by molar-refractivity contribution is -0.145. The van der Waals surface area contributed by atoms with E-state index in [4.69, 9.17) is 13.9 Å². The standard InChI is InChI=1S/C18H17BrO7/c1-23-15-6-3-11(19)9-13(15)14(20)5-8-17(21)25-10-12-4-7-16(26-12)18(22)24-2/h3-4,6-7,9H,5,8,10H2,1-2H3. The van der Waals surface area contributed by atoms with E-state index in [9.17, 15) is 14.4 Å². The van der Waals surface area contributed by atoms with Gasteiger partial charge in [-0.05, 0) is 30.3 Å². The van der Waals surface area contributed by atoms with Gasteiger partial charge in [-0.25, -0.2) is 4.79 Å². The fourth-order valence-corrected chi connectivity index (χ4v) is 2.50. The first-order valence-electron chi connectivity index (χ1n) is 7.64. The third-order valence-corrected chi connectivity index (χ3v) is 3.94. The van der Waals surface area contributed by atoms with Gasteiger partial charge in [-0.2, -0.15) is 0 Å². The van der Waals surface area contributed by atoms with Crippen molar-refractivity contribution in [3.8, 4) is 5.75 Å². The van der Waals surface area contributed by atoms with E-state index >= 15 is 0 Å². The van der Waals surface area contributed by atoms with Crippen molar-refractivity contribution in [3.05, 3.63) is 51.9 Å². The van der Waals surface area contributed by atoms with Crippen LogP contribution in [0.1, 0.15) is 39.5 Å². The normalized spacial score (nSPS) is 10.3. The van der Waals surface area contributed by atoms with Gasteiger partial charge >= 0.3 is 11.9 Å². The minimum Gasteiger partial charge on any atom is -0.496 e. The molecule has 0 aliphatic heterocycles. The lowest BCUT2D eigenvalue weighted by Crippen LogP contribution is -2.09. The van der Waals surface area contributed by atoms with E-state index in [1.54, 1.807) is 18.2 Å². The smallest absolute Gasteiger partial charge is 0.373 e. The SMILES string of the molecule is COC(=O)c1ccc(COC(=O)CCC(=O)c2cc(Br)ccc2OC)o1. The van der Waals surface area contributed by atoms with Crippen molar-refractivity contribution >= 4 is 33.7 Å². The van der Waals surface area contributed by atoms with Gasteiger partial charge in [0, 0.05) is 10.9 Å². The molecule has 0 spiro atoms. The van der Waals surface area contributed by atoms with Crippen LogP contribution in [0.15, 0.2) is 39.2 Å². The molecule has 0 saturated heterocycles. The summed E-state index contributed by atoms with van der Waals surface area (Å²) in [5.41, 5.74) is 0.392. The zero-order valence-electron chi connectivity index (χ0n) is 14.2. The van der Waals surface area contributed by atoms with Gasteiger partial charge in [0.2, 0.25) is 5.76 Å². The Hall–Kier alpha value is -2.61. The second-order valence-electron chi connectivity index (χ2n) is 5.19.